The van der Waals surface area contributed by atoms with Gasteiger partial charge in [0.25, 0.3) is 0 Å². The minimum atomic E-state index is -3.69. The maximum atomic E-state index is 13.3. The fraction of sp³-hybridized carbons (Fsp3) is 0.450. The predicted octanol–water partition coefficient (Wildman–Crippen LogP) is 2.98. The van der Waals surface area contributed by atoms with Crippen LogP contribution in [0.25, 0.3) is 11.5 Å². The Labute approximate surface area is 185 Å². The molecule has 0 radical (unpaired) electrons. The minimum Gasteiger partial charge on any atom is -0.372 e. The zero-order valence-electron chi connectivity index (χ0n) is 17.4. The zero-order valence-corrected chi connectivity index (χ0v) is 19.0. The number of halogens is 1. The number of hydrogen-bond acceptors (Lipinski definition) is 8. The molecular weight excluding hydrogens is 440 g/mol. The number of pyridine rings is 1. The molecule has 3 aromatic rings. The third-order valence-corrected chi connectivity index (χ3v) is 7.85. The predicted molar refractivity (Wildman–Crippen MR) is 115 cm³/mol. The summed E-state index contributed by atoms with van der Waals surface area (Å²) in [6.45, 7) is 3.66. The number of methoxy groups -OCH3 is 1. The van der Waals surface area contributed by atoms with Crippen LogP contribution in [-0.2, 0) is 25.9 Å². The first kappa shape index (κ1) is 21.8. The molecule has 3 aromatic heterocycles. The Morgan fingerprint density at radius 3 is 2.48 bits per heavy atom. The topological polar surface area (TPSA) is 113 Å². The van der Waals surface area contributed by atoms with E-state index in [9.17, 15) is 8.42 Å². The number of rotatable bonds is 8. The normalized spacial score (nSPS) is 17.3. The average molecular weight is 463 g/mol. The largest absolute Gasteiger partial charge is 0.372 e. The van der Waals surface area contributed by atoms with Crippen LogP contribution in [0.15, 0.2) is 36.8 Å². The van der Waals surface area contributed by atoms with Crippen LogP contribution in [0, 0.1) is 0 Å². The molecule has 1 aliphatic carbocycles. The van der Waals surface area contributed by atoms with Crippen LogP contribution in [-0.4, -0.2) is 50.5 Å². The van der Waals surface area contributed by atoms with E-state index >= 15 is 0 Å². The van der Waals surface area contributed by atoms with Crippen molar-refractivity contribution < 1.29 is 13.2 Å². The van der Waals surface area contributed by atoms with Gasteiger partial charge in [0.05, 0.1) is 10.3 Å². The van der Waals surface area contributed by atoms with Gasteiger partial charge in [0, 0.05) is 31.2 Å². The van der Waals surface area contributed by atoms with E-state index in [0.29, 0.717) is 22.4 Å². The van der Waals surface area contributed by atoms with Crippen molar-refractivity contribution >= 4 is 21.4 Å². The lowest BCUT2D eigenvalue weighted by Crippen LogP contribution is -2.30. The van der Waals surface area contributed by atoms with Crippen LogP contribution in [0.3, 0.4) is 0 Å². The fourth-order valence-electron chi connectivity index (χ4n) is 3.52. The van der Waals surface area contributed by atoms with Crippen molar-refractivity contribution in [1.29, 1.82) is 0 Å². The van der Waals surface area contributed by atoms with Gasteiger partial charge < -0.3 is 9.30 Å². The Morgan fingerprint density at radius 2 is 1.90 bits per heavy atom. The van der Waals surface area contributed by atoms with Crippen LogP contribution in [0.2, 0.25) is 5.02 Å². The van der Waals surface area contributed by atoms with Crippen LogP contribution < -0.4 is 0 Å². The first-order valence-corrected chi connectivity index (χ1v) is 11.9. The maximum absolute atomic E-state index is 13.3. The summed E-state index contributed by atoms with van der Waals surface area (Å²) in [6.07, 6.45) is 5.51. The zero-order chi connectivity index (χ0) is 22.2. The first-order valence-electron chi connectivity index (χ1n) is 9.83. The van der Waals surface area contributed by atoms with Gasteiger partial charge in [0.2, 0.25) is 0 Å². The molecule has 0 unspecified atom stereocenters. The Kier molecular flexibility index (Phi) is 5.80. The van der Waals surface area contributed by atoms with Gasteiger partial charge in [-0.3, -0.25) is 4.98 Å². The lowest BCUT2D eigenvalue weighted by atomic mass is 10.2. The summed E-state index contributed by atoms with van der Waals surface area (Å²) in [6, 6.07) is 5.52. The lowest BCUT2D eigenvalue weighted by Gasteiger charge is -2.22. The van der Waals surface area contributed by atoms with Gasteiger partial charge in [-0.15, -0.1) is 10.2 Å². The summed E-state index contributed by atoms with van der Waals surface area (Å²) in [4.78, 5) is 12.6. The number of ether oxygens (including phenoxy) is 1. The molecule has 3 heterocycles. The second kappa shape index (κ2) is 8.25. The molecule has 31 heavy (non-hydrogen) atoms. The van der Waals surface area contributed by atoms with E-state index in [1.54, 1.807) is 13.1 Å². The molecular formula is C20H23ClN6O3S. The van der Waals surface area contributed by atoms with Crippen molar-refractivity contribution in [2.24, 2.45) is 0 Å². The van der Waals surface area contributed by atoms with Crippen LogP contribution in [0.5, 0.6) is 0 Å². The summed E-state index contributed by atoms with van der Waals surface area (Å²) in [5.74, 6) is 0.937. The van der Waals surface area contributed by atoms with Gasteiger partial charge in [0.1, 0.15) is 23.4 Å². The van der Waals surface area contributed by atoms with Crippen molar-refractivity contribution in [2.45, 2.75) is 49.3 Å². The van der Waals surface area contributed by atoms with Gasteiger partial charge in [-0.05, 0) is 38.8 Å². The highest BCUT2D eigenvalue weighted by molar-refractivity contribution is 7.91. The molecule has 0 aromatic carbocycles. The van der Waals surface area contributed by atoms with Gasteiger partial charge in [0.15, 0.2) is 21.5 Å². The standard InChI is InChI=1S/C20H23ClN6O3S/c1-13(17(30-3)18-23-10-14(21)11-24-18)31(28,29)12-16-25-26-19(15-6-4-5-9-22-15)27(16)20(2)7-8-20/h4-6,9-11,13,17H,7-8,12H2,1-3H3/t13-,17-/m0/s1. The Morgan fingerprint density at radius 1 is 1.19 bits per heavy atom. The quantitative estimate of drug-likeness (QED) is 0.502. The van der Waals surface area contributed by atoms with E-state index in [4.69, 9.17) is 16.3 Å². The van der Waals surface area contributed by atoms with Gasteiger partial charge in [-0.1, -0.05) is 17.7 Å². The van der Waals surface area contributed by atoms with E-state index < -0.39 is 21.2 Å². The SMILES string of the molecule is CO[C@H](c1ncc(Cl)cn1)[C@H](C)S(=O)(=O)Cc1nnc(-c2ccccn2)n1C1(C)CC1. The summed E-state index contributed by atoms with van der Waals surface area (Å²) >= 11 is 5.85. The van der Waals surface area contributed by atoms with Crippen molar-refractivity contribution in [3.8, 4) is 11.5 Å². The van der Waals surface area contributed by atoms with Gasteiger partial charge in [-0.2, -0.15) is 0 Å². The van der Waals surface area contributed by atoms with Gasteiger partial charge in [-0.25, -0.2) is 18.4 Å². The second-order valence-corrected chi connectivity index (χ2v) is 10.7. The molecule has 0 amide bonds. The molecule has 164 valence electrons. The first-order chi connectivity index (χ1) is 14.7. The minimum absolute atomic E-state index is 0.218. The molecule has 1 aliphatic rings. The Hall–Kier alpha value is -2.43. The second-order valence-electron chi connectivity index (χ2n) is 7.92. The summed E-state index contributed by atoms with van der Waals surface area (Å²) in [7, 11) is -2.26. The van der Waals surface area contributed by atoms with Crippen molar-refractivity contribution in [1.82, 2.24) is 29.7 Å². The highest BCUT2D eigenvalue weighted by Gasteiger charge is 2.44. The maximum Gasteiger partial charge on any atom is 0.183 e. The molecule has 1 saturated carbocycles. The van der Waals surface area contributed by atoms with Crippen LogP contribution >= 0.6 is 11.6 Å². The van der Waals surface area contributed by atoms with E-state index in [0.717, 1.165) is 12.8 Å². The van der Waals surface area contributed by atoms with Crippen LogP contribution in [0.1, 0.15) is 44.4 Å². The fourth-order valence-corrected chi connectivity index (χ4v) is 5.04. The smallest absolute Gasteiger partial charge is 0.183 e. The molecule has 9 nitrogen and oxygen atoms in total. The molecule has 0 saturated heterocycles. The molecule has 1 fully saturated rings. The van der Waals surface area contributed by atoms with Crippen LogP contribution in [0.4, 0.5) is 0 Å². The van der Waals surface area contributed by atoms with E-state index in [-0.39, 0.29) is 17.1 Å². The average Bonchev–Trinajstić information content (AvgIpc) is 3.36. The molecule has 0 aliphatic heterocycles. The van der Waals surface area contributed by atoms with Crippen molar-refractivity contribution in [2.75, 3.05) is 7.11 Å². The molecule has 0 N–H and O–H groups in total. The third kappa shape index (κ3) is 4.32. The number of aromatic nitrogens is 6. The van der Waals surface area contributed by atoms with Crippen molar-refractivity contribution in [3.05, 3.63) is 53.5 Å². The molecule has 2 atom stereocenters. The Bertz CT molecular complexity index is 1160. The summed E-state index contributed by atoms with van der Waals surface area (Å²) in [5.41, 5.74) is 0.439. The summed E-state index contributed by atoms with van der Waals surface area (Å²) in [5, 5.41) is 7.98. The molecule has 4 rings (SSSR count). The number of sulfone groups is 1. The van der Waals surface area contributed by atoms with E-state index in [1.807, 2.05) is 22.8 Å². The lowest BCUT2D eigenvalue weighted by molar-refractivity contribution is 0.0948. The van der Waals surface area contributed by atoms with Gasteiger partial charge >= 0.3 is 0 Å². The molecule has 0 bridgehead atoms. The molecule has 11 heteroatoms. The highest BCUT2D eigenvalue weighted by atomic mass is 35.5. The number of nitrogens with zero attached hydrogens (tertiary/aromatic N) is 6. The number of hydrogen-bond donors (Lipinski definition) is 0. The van der Waals surface area contributed by atoms with E-state index in [2.05, 4.69) is 32.1 Å². The summed E-state index contributed by atoms with van der Waals surface area (Å²) < 4.78 is 34.0. The molecule has 0 spiro atoms. The highest BCUT2D eigenvalue weighted by Crippen LogP contribution is 2.46. The third-order valence-electron chi connectivity index (χ3n) is 5.61. The monoisotopic (exact) mass is 462 g/mol. The Balaban J connectivity index is 1.66. The van der Waals surface area contributed by atoms with Crippen molar-refractivity contribution in [3.63, 3.8) is 0 Å². The van der Waals surface area contributed by atoms with E-state index in [1.165, 1.54) is 19.5 Å².